The predicted octanol–water partition coefficient (Wildman–Crippen LogP) is 1.39. The number of ether oxygens (including phenoxy) is 1. The molecule has 6 atom stereocenters. The summed E-state index contributed by atoms with van der Waals surface area (Å²) in [5.41, 5.74) is 0.476. The highest BCUT2D eigenvalue weighted by molar-refractivity contribution is 5.85. The third-order valence-electron chi connectivity index (χ3n) is 8.64. The molecular weight excluding hydrogens is 356 g/mol. The van der Waals surface area contributed by atoms with E-state index in [0.29, 0.717) is 17.3 Å². The molecule has 0 aromatic heterocycles. The lowest BCUT2D eigenvalue weighted by Crippen LogP contribution is -2.78. The maximum atomic E-state index is 13.5. The normalized spacial score (nSPS) is 46.7. The molecule has 0 amide bonds. The third-order valence-corrected chi connectivity index (χ3v) is 8.64. The number of carbonyl (C=O) groups is 1. The van der Waals surface area contributed by atoms with Crippen molar-refractivity contribution in [3.63, 3.8) is 0 Å². The van der Waals surface area contributed by atoms with Crippen LogP contribution in [0.15, 0.2) is 35.9 Å². The van der Waals surface area contributed by atoms with Crippen molar-refractivity contribution >= 4 is 11.7 Å². The number of esters is 1. The zero-order chi connectivity index (χ0) is 19.9. The lowest BCUT2D eigenvalue weighted by molar-refractivity contribution is -0.944. The summed E-state index contributed by atoms with van der Waals surface area (Å²) in [6, 6.07) is 8.04. The Bertz CT molecular complexity index is 900. The molecule has 6 unspecified atom stereocenters. The average molecular weight is 385 g/mol. The Morgan fingerprint density at radius 1 is 1.43 bits per heavy atom. The fourth-order valence-corrected chi connectivity index (χ4v) is 7.70. The molecule has 4 bridgehead atoms. The van der Waals surface area contributed by atoms with Crippen molar-refractivity contribution in [3.05, 3.63) is 41.5 Å². The van der Waals surface area contributed by atoms with E-state index in [9.17, 15) is 15.0 Å². The number of hydrogen-bond donors (Lipinski definition) is 3. The summed E-state index contributed by atoms with van der Waals surface area (Å²) in [5, 5.41) is 26.2. The molecule has 1 saturated carbocycles. The molecule has 1 aliphatic carbocycles. The first-order valence-electron chi connectivity index (χ1n) is 10.1. The van der Waals surface area contributed by atoms with Crippen LogP contribution in [-0.2, 0) is 14.9 Å². The van der Waals surface area contributed by atoms with Gasteiger partial charge in [-0.05, 0) is 30.5 Å². The van der Waals surface area contributed by atoms with E-state index in [1.165, 1.54) is 7.11 Å². The Hall–Kier alpha value is -1.89. The van der Waals surface area contributed by atoms with Crippen LogP contribution < -0.4 is 5.32 Å². The Labute approximate surface area is 165 Å². The second kappa shape index (κ2) is 5.38. The van der Waals surface area contributed by atoms with Gasteiger partial charge in [0.05, 0.1) is 32.7 Å². The molecule has 4 heterocycles. The number of nitrogens with one attached hydrogen (secondary N) is 1. The number of carbonyl (C=O) groups excluding carboxylic acids is 1. The topological polar surface area (TPSA) is 78.8 Å². The van der Waals surface area contributed by atoms with Crippen molar-refractivity contribution in [2.75, 3.05) is 39.2 Å². The molecular formula is C22H29N2O4+. The van der Waals surface area contributed by atoms with Crippen LogP contribution in [0.25, 0.3) is 0 Å². The standard InChI is InChI=1S/C22H29N2O4/c1-4-14-12-24(2)10-9-21-15-7-5-6-8-17(15)23-22(21,24)18(26)11-16(14)20(21,13-25)19(27)28-3/h4-8,16,18,23,25-26H,9-13H2,1-3H3/q+1/b14-4-. The lowest BCUT2D eigenvalue weighted by Gasteiger charge is -2.58. The van der Waals surface area contributed by atoms with E-state index >= 15 is 0 Å². The van der Waals surface area contributed by atoms with Crippen molar-refractivity contribution in [2.24, 2.45) is 11.3 Å². The van der Waals surface area contributed by atoms with Crippen molar-refractivity contribution in [2.45, 2.75) is 36.9 Å². The molecule has 4 aliphatic heterocycles. The number of rotatable bonds is 2. The molecule has 28 heavy (non-hydrogen) atoms. The number of benzene rings is 1. The van der Waals surface area contributed by atoms with Gasteiger partial charge in [0, 0.05) is 18.0 Å². The van der Waals surface area contributed by atoms with Crippen LogP contribution in [0.2, 0.25) is 0 Å². The van der Waals surface area contributed by atoms with Crippen LogP contribution in [0.1, 0.15) is 25.3 Å². The van der Waals surface area contributed by atoms with Gasteiger partial charge in [0.25, 0.3) is 0 Å². The number of allylic oxidation sites excluding steroid dienone is 1. The van der Waals surface area contributed by atoms with Gasteiger partial charge in [0.15, 0.2) is 0 Å². The van der Waals surface area contributed by atoms with Crippen LogP contribution in [0, 0.1) is 11.3 Å². The fraction of sp³-hybridized carbons (Fsp3) is 0.591. The van der Waals surface area contributed by atoms with Crippen LogP contribution in [-0.4, -0.2) is 66.3 Å². The summed E-state index contributed by atoms with van der Waals surface area (Å²) in [7, 11) is 3.59. The van der Waals surface area contributed by atoms with E-state index < -0.39 is 22.6 Å². The molecule has 3 saturated heterocycles. The molecule has 6 heteroatoms. The summed E-state index contributed by atoms with van der Waals surface area (Å²) in [5.74, 6) is -0.629. The smallest absolute Gasteiger partial charge is 0.316 e. The van der Waals surface area contributed by atoms with Crippen molar-refractivity contribution in [1.82, 2.24) is 0 Å². The molecule has 1 spiro atoms. The SMILES string of the molecule is C/C=C1/C[N+]2(C)CCC34c5ccccc5NC32C(O)CC1C4(CO)C(=O)OC. The number of aliphatic hydroxyl groups is 2. The number of quaternary nitrogens is 1. The van der Waals surface area contributed by atoms with Crippen molar-refractivity contribution in [3.8, 4) is 0 Å². The Morgan fingerprint density at radius 2 is 2.18 bits per heavy atom. The quantitative estimate of drug-likeness (QED) is 0.407. The maximum Gasteiger partial charge on any atom is 0.316 e. The van der Waals surface area contributed by atoms with Crippen molar-refractivity contribution in [1.29, 1.82) is 0 Å². The molecule has 5 aliphatic rings. The molecule has 0 radical (unpaired) electrons. The zero-order valence-corrected chi connectivity index (χ0v) is 16.7. The summed E-state index contributed by atoms with van der Waals surface area (Å²) in [6.07, 6.45) is 2.59. The van der Waals surface area contributed by atoms with Crippen LogP contribution in [0.5, 0.6) is 0 Å². The first-order valence-corrected chi connectivity index (χ1v) is 10.1. The van der Waals surface area contributed by atoms with Gasteiger partial charge < -0.3 is 20.3 Å². The van der Waals surface area contributed by atoms with Gasteiger partial charge in [-0.1, -0.05) is 24.3 Å². The number of aliphatic hydroxyl groups excluding tert-OH is 2. The highest BCUT2D eigenvalue weighted by Gasteiger charge is 2.88. The lowest BCUT2D eigenvalue weighted by atomic mass is 9.45. The second-order valence-corrected chi connectivity index (χ2v) is 9.16. The van der Waals surface area contributed by atoms with Crippen molar-refractivity contribution < 1.29 is 24.2 Å². The van der Waals surface area contributed by atoms with E-state index in [-0.39, 0.29) is 18.5 Å². The third kappa shape index (κ3) is 1.52. The Balaban J connectivity index is 1.96. The monoisotopic (exact) mass is 385 g/mol. The number of anilines is 1. The van der Waals surface area contributed by atoms with Gasteiger partial charge in [-0.2, -0.15) is 0 Å². The average Bonchev–Trinajstić information content (AvgIpc) is 3.12. The number of methoxy groups -OCH3 is 1. The van der Waals surface area contributed by atoms with Crippen LogP contribution in [0.4, 0.5) is 5.69 Å². The largest absolute Gasteiger partial charge is 0.468 e. The number of fused-ring (bicyclic) bond motifs is 3. The first-order chi connectivity index (χ1) is 13.4. The molecule has 1 aromatic rings. The minimum absolute atomic E-state index is 0.258. The van der Waals surface area contributed by atoms with Gasteiger partial charge in [-0.25, -0.2) is 0 Å². The van der Waals surface area contributed by atoms with E-state index in [0.717, 1.165) is 29.9 Å². The number of para-hydroxylation sites is 1. The van der Waals surface area contributed by atoms with Crippen LogP contribution >= 0.6 is 0 Å². The van der Waals surface area contributed by atoms with Crippen LogP contribution in [0.3, 0.4) is 0 Å². The fourth-order valence-electron chi connectivity index (χ4n) is 7.70. The summed E-state index contributed by atoms with van der Waals surface area (Å²) in [6.45, 7) is 3.26. The first kappa shape index (κ1) is 18.2. The molecule has 3 N–H and O–H groups in total. The minimum atomic E-state index is -1.13. The number of likely N-dealkylation sites (N-methyl/N-ethyl adjacent to an activating group) is 1. The van der Waals surface area contributed by atoms with Gasteiger partial charge in [0.2, 0.25) is 5.66 Å². The molecule has 150 valence electrons. The highest BCUT2D eigenvalue weighted by atomic mass is 16.5. The van der Waals surface area contributed by atoms with E-state index in [1.54, 1.807) is 0 Å². The summed E-state index contributed by atoms with van der Waals surface area (Å²) in [4.78, 5) is 13.5. The van der Waals surface area contributed by atoms with Gasteiger partial charge in [-0.3, -0.25) is 9.28 Å². The number of hydrogen-bond acceptors (Lipinski definition) is 5. The molecule has 6 rings (SSSR count). The van der Waals surface area contributed by atoms with E-state index in [4.69, 9.17) is 4.74 Å². The van der Waals surface area contributed by atoms with Gasteiger partial charge in [-0.15, -0.1) is 0 Å². The molecule has 1 aromatic carbocycles. The molecule has 6 nitrogen and oxygen atoms in total. The van der Waals surface area contributed by atoms with E-state index in [1.807, 2.05) is 25.1 Å². The second-order valence-electron chi connectivity index (χ2n) is 9.16. The highest BCUT2D eigenvalue weighted by Crippen LogP contribution is 2.74. The Kier molecular flexibility index (Phi) is 3.49. The summed E-state index contributed by atoms with van der Waals surface area (Å²) < 4.78 is 5.98. The summed E-state index contributed by atoms with van der Waals surface area (Å²) >= 11 is 0. The maximum absolute atomic E-state index is 13.5. The molecule has 4 fully saturated rings. The number of nitrogens with zero attached hydrogens (tertiary/aromatic N) is 1. The van der Waals surface area contributed by atoms with Gasteiger partial charge in [0.1, 0.15) is 18.1 Å². The van der Waals surface area contributed by atoms with E-state index in [2.05, 4.69) is 24.5 Å². The van der Waals surface area contributed by atoms with Gasteiger partial charge >= 0.3 is 5.97 Å². The minimum Gasteiger partial charge on any atom is -0.468 e. The Morgan fingerprint density at radius 3 is 2.86 bits per heavy atom. The zero-order valence-electron chi connectivity index (χ0n) is 16.7. The predicted molar refractivity (Wildman–Crippen MR) is 104 cm³/mol.